The molecule has 27 heavy (non-hydrogen) atoms. The zero-order valence-electron chi connectivity index (χ0n) is 16.2. The van der Waals surface area contributed by atoms with Crippen LogP contribution < -0.4 is 5.73 Å². The first kappa shape index (κ1) is 19.5. The van der Waals surface area contributed by atoms with Crippen molar-refractivity contribution in [2.75, 3.05) is 13.1 Å². The van der Waals surface area contributed by atoms with Gasteiger partial charge in [0.15, 0.2) is 0 Å². The van der Waals surface area contributed by atoms with E-state index >= 15 is 0 Å². The summed E-state index contributed by atoms with van der Waals surface area (Å²) in [7, 11) is 0. The molecule has 6 heteroatoms. The van der Waals surface area contributed by atoms with E-state index in [-0.39, 0.29) is 18.3 Å². The molecule has 2 N–H and O–H groups in total. The molecule has 2 saturated heterocycles. The van der Waals surface area contributed by atoms with E-state index in [0.29, 0.717) is 54.1 Å². The van der Waals surface area contributed by atoms with Crippen molar-refractivity contribution >= 4 is 24.2 Å². The molecule has 4 unspecified atom stereocenters. The number of likely N-dealkylation sites (tertiary alicyclic amines) is 2. The molecule has 152 valence electrons. The monoisotopic (exact) mass is 395 g/mol. The highest BCUT2D eigenvalue weighted by molar-refractivity contribution is 5.85. The van der Waals surface area contributed by atoms with Crippen molar-refractivity contribution in [3.05, 3.63) is 0 Å². The summed E-state index contributed by atoms with van der Waals surface area (Å²) in [6.45, 7) is 1.71. The number of hydrogen-bond donors (Lipinski definition) is 1. The number of piperidine rings is 2. The Morgan fingerprint density at radius 2 is 1.67 bits per heavy atom. The van der Waals surface area contributed by atoms with Crippen molar-refractivity contribution in [2.24, 2.45) is 29.4 Å². The SMILES string of the molecule is Cl.NC1C2CCCC1CC(C(=O)N1CCC3C(CCC(=O)N3C3CC3)C1)C2. The Morgan fingerprint density at radius 1 is 0.963 bits per heavy atom. The molecule has 5 aliphatic rings. The summed E-state index contributed by atoms with van der Waals surface area (Å²) in [5.41, 5.74) is 6.41. The third-order valence-corrected chi connectivity index (χ3v) is 8.08. The van der Waals surface area contributed by atoms with Gasteiger partial charge in [0.1, 0.15) is 0 Å². The summed E-state index contributed by atoms with van der Waals surface area (Å²) < 4.78 is 0. The van der Waals surface area contributed by atoms with Crippen LogP contribution in [0.3, 0.4) is 0 Å². The zero-order chi connectivity index (χ0) is 17.8. The Hall–Kier alpha value is -0.810. The van der Waals surface area contributed by atoms with Gasteiger partial charge in [-0.05, 0) is 69.1 Å². The highest BCUT2D eigenvalue weighted by atomic mass is 35.5. The fraction of sp³-hybridized carbons (Fsp3) is 0.905. The van der Waals surface area contributed by atoms with Crippen LogP contribution in [0.5, 0.6) is 0 Å². The normalized spacial score (nSPS) is 41.6. The van der Waals surface area contributed by atoms with Crippen molar-refractivity contribution in [3.63, 3.8) is 0 Å². The number of rotatable bonds is 2. The average Bonchev–Trinajstić information content (AvgIpc) is 3.45. The van der Waals surface area contributed by atoms with E-state index in [2.05, 4.69) is 9.80 Å². The molecule has 2 aliphatic heterocycles. The largest absolute Gasteiger partial charge is 0.342 e. The van der Waals surface area contributed by atoms with E-state index in [1.165, 1.54) is 32.1 Å². The number of hydrogen-bond acceptors (Lipinski definition) is 3. The first-order chi connectivity index (χ1) is 12.6. The van der Waals surface area contributed by atoms with Crippen molar-refractivity contribution in [2.45, 2.75) is 82.3 Å². The Balaban J connectivity index is 0.00000180. The topological polar surface area (TPSA) is 66.6 Å². The van der Waals surface area contributed by atoms with Gasteiger partial charge in [-0.25, -0.2) is 0 Å². The first-order valence-corrected chi connectivity index (χ1v) is 11.0. The van der Waals surface area contributed by atoms with Crippen molar-refractivity contribution in [1.82, 2.24) is 9.80 Å². The van der Waals surface area contributed by atoms with Gasteiger partial charge in [0.25, 0.3) is 0 Å². The minimum absolute atomic E-state index is 0. The van der Waals surface area contributed by atoms with Crippen LogP contribution in [-0.4, -0.2) is 52.8 Å². The second-order valence-electron chi connectivity index (χ2n) is 9.67. The van der Waals surface area contributed by atoms with Gasteiger partial charge in [0, 0.05) is 43.6 Å². The third-order valence-electron chi connectivity index (χ3n) is 8.08. The molecule has 5 fully saturated rings. The Morgan fingerprint density at radius 3 is 2.33 bits per heavy atom. The fourth-order valence-corrected chi connectivity index (χ4v) is 6.57. The number of halogens is 1. The number of carbonyl (C=O) groups excluding carboxylic acids is 2. The maximum Gasteiger partial charge on any atom is 0.225 e. The Bertz CT molecular complexity index is 582. The van der Waals surface area contributed by atoms with Crippen LogP contribution in [0.1, 0.15) is 64.2 Å². The Labute approximate surface area is 168 Å². The summed E-state index contributed by atoms with van der Waals surface area (Å²) in [5, 5.41) is 0. The van der Waals surface area contributed by atoms with E-state index in [0.717, 1.165) is 38.8 Å². The molecule has 3 aliphatic carbocycles. The van der Waals surface area contributed by atoms with Crippen LogP contribution in [-0.2, 0) is 9.59 Å². The maximum atomic E-state index is 13.3. The molecule has 5 rings (SSSR count). The second-order valence-corrected chi connectivity index (χ2v) is 9.67. The number of carbonyl (C=O) groups is 2. The number of nitrogens with two attached hydrogens (primary N) is 1. The minimum Gasteiger partial charge on any atom is -0.342 e. The predicted octanol–water partition coefficient (Wildman–Crippen LogP) is 2.56. The fourth-order valence-electron chi connectivity index (χ4n) is 6.57. The highest BCUT2D eigenvalue weighted by Gasteiger charge is 2.47. The molecule has 3 saturated carbocycles. The van der Waals surface area contributed by atoms with Crippen molar-refractivity contribution in [3.8, 4) is 0 Å². The lowest BCUT2D eigenvalue weighted by Crippen LogP contribution is -2.58. The van der Waals surface area contributed by atoms with Gasteiger partial charge < -0.3 is 15.5 Å². The second kappa shape index (κ2) is 7.55. The number of fused-ring (bicyclic) bond motifs is 3. The van der Waals surface area contributed by atoms with Gasteiger partial charge >= 0.3 is 0 Å². The molecular formula is C21H34ClN3O2. The molecule has 5 nitrogen and oxygen atoms in total. The van der Waals surface area contributed by atoms with E-state index in [1.807, 2.05) is 0 Å². The van der Waals surface area contributed by atoms with Gasteiger partial charge in [0.2, 0.25) is 11.8 Å². The van der Waals surface area contributed by atoms with Crippen LogP contribution >= 0.6 is 12.4 Å². The van der Waals surface area contributed by atoms with Crippen LogP contribution in [0, 0.1) is 23.7 Å². The molecule has 2 amide bonds. The van der Waals surface area contributed by atoms with Gasteiger partial charge in [0.05, 0.1) is 0 Å². The third kappa shape index (κ3) is 3.50. The molecule has 2 bridgehead atoms. The summed E-state index contributed by atoms with van der Waals surface area (Å²) >= 11 is 0. The van der Waals surface area contributed by atoms with E-state index in [9.17, 15) is 9.59 Å². The van der Waals surface area contributed by atoms with Gasteiger partial charge in [-0.1, -0.05) is 6.42 Å². The van der Waals surface area contributed by atoms with E-state index < -0.39 is 0 Å². The quantitative estimate of drug-likeness (QED) is 0.781. The number of nitrogens with zero attached hydrogens (tertiary/aromatic N) is 2. The van der Waals surface area contributed by atoms with Crippen LogP contribution in [0.25, 0.3) is 0 Å². The lowest BCUT2D eigenvalue weighted by atomic mass is 9.64. The first-order valence-electron chi connectivity index (χ1n) is 11.0. The predicted molar refractivity (Wildman–Crippen MR) is 106 cm³/mol. The Kier molecular flexibility index (Phi) is 5.45. The molecule has 0 radical (unpaired) electrons. The van der Waals surface area contributed by atoms with Crippen molar-refractivity contribution in [1.29, 1.82) is 0 Å². The highest BCUT2D eigenvalue weighted by Crippen LogP contribution is 2.44. The van der Waals surface area contributed by atoms with Gasteiger partial charge in [-0.15, -0.1) is 12.4 Å². The summed E-state index contributed by atoms with van der Waals surface area (Å²) in [6.07, 6.45) is 10.7. The lowest BCUT2D eigenvalue weighted by molar-refractivity contribution is -0.148. The maximum absolute atomic E-state index is 13.3. The molecule has 0 aromatic heterocycles. The molecule has 0 aromatic rings. The van der Waals surface area contributed by atoms with Gasteiger partial charge in [-0.2, -0.15) is 0 Å². The molecule has 0 spiro atoms. The van der Waals surface area contributed by atoms with Crippen molar-refractivity contribution < 1.29 is 9.59 Å². The van der Waals surface area contributed by atoms with E-state index in [1.54, 1.807) is 0 Å². The average molecular weight is 396 g/mol. The molecule has 2 heterocycles. The minimum atomic E-state index is 0. The molecule has 4 atom stereocenters. The standard InChI is InChI=1S/C21H33N3O2.ClH/c22-20-13-2-1-3-14(20)11-16(10-13)21(26)23-9-8-18-15(12-23)4-7-19(25)24(18)17-5-6-17;/h13-18,20H,1-12,22H2;1H. The zero-order valence-corrected chi connectivity index (χ0v) is 17.0. The molecular weight excluding hydrogens is 362 g/mol. The van der Waals surface area contributed by atoms with Crippen LogP contribution in [0.2, 0.25) is 0 Å². The summed E-state index contributed by atoms with van der Waals surface area (Å²) in [4.78, 5) is 30.0. The van der Waals surface area contributed by atoms with Crippen LogP contribution in [0.15, 0.2) is 0 Å². The van der Waals surface area contributed by atoms with Gasteiger partial charge in [-0.3, -0.25) is 9.59 Å². The van der Waals surface area contributed by atoms with E-state index in [4.69, 9.17) is 5.73 Å². The smallest absolute Gasteiger partial charge is 0.225 e. The summed E-state index contributed by atoms with van der Waals surface area (Å²) in [6, 6.07) is 1.23. The number of amides is 2. The summed E-state index contributed by atoms with van der Waals surface area (Å²) in [5.74, 6) is 2.57. The van der Waals surface area contributed by atoms with Crippen LogP contribution in [0.4, 0.5) is 0 Å². The molecule has 0 aromatic carbocycles. The lowest BCUT2D eigenvalue weighted by Gasteiger charge is -2.49.